The van der Waals surface area contributed by atoms with Gasteiger partial charge in [-0.15, -0.1) is 0 Å². The van der Waals surface area contributed by atoms with Crippen molar-refractivity contribution in [2.75, 3.05) is 13.1 Å². The number of nitrogens with zero attached hydrogens (tertiary/aromatic N) is 1. The zero-order valence-corrected chi connectivity index (χ0v) is 14.1. The van der Waals surface area contributed by atoms with E-state index in [0.717, 1.165) is 19.3 Å². The van der Waals surface area contributed by atoms with Crippen molar-refractivity contribution in [1.82, 2.24) is 10.2 Å². The number of nitrogens with one attached hydrogen (secondary N) is 1. The number of amides is 2. The monoisotopic (exact) mass is 348 g/mol. The highest BCUT2D eigenvalue weighted by Crippen LogP contribution is 2.49. The maximum atomic E-state index is 12.5. The van der Waals surface area contributed by atoms with Gasteiger partial charge in [0.2, 0.25) is 0 Å². The van der Waals surface area contributed by atoms with E-state index in [1.807, 2.05) is 24.3 Å². The molecule has 3 fully saturated rings. The number of carbonyl (C=O) groups excluding carboxylic acids is 1. The van der Waals surface area contributed by atoms with Crippen molar-refractivity contribution in [3.8, 4) is 0 Å². The number of fused-ring (bicyclic) bond motifs is 1. The smallest absolute Gasteiger partial charge is 0.317 e. The van der Waals surface area contributed by atoms with Gasteiger partial charge >= 0.3 is 12.0 Å². The average Bonchev–Trinajstić information content (AvgIpc) is 3.02. The van der Waals surface area contributed by atoms with E-state index >= 15 is 0 Å². The van der Waals surface area contributed by atoms with Gasteiger partial charge in [-0.05, 0) is 42.9 Å². The second kappa shape index (κ2) is 5.66. The van der Waals surface area contributed by atoms with E-state index in [4.69, 9.17) is 11.6 Å². The molecule has 1 heterocycles. The fourth-order valence-electron chi connectivity index (χ4n) is 4.48. The molecule has 24 heavy (non-hydrogen) atoms. The molecule has 1 aromatic carbocycles. The lowest BCUT2D eigenvalue weighted by molar-refractivity contribution is -0.149. The summed E-state index contributed by atoms with van der Waals surface area (Å²) in [5, 5.41) is 13.4. The SMILES string of the molecule is O=C(N[C@@H]1C[C@H]1c1ccc(Cl)cc1)N1C[C@@H]2CCC[C@@]2(C(=O)O)C1. The van der Waals surface area contributed by atoms with Gasteiger partial charge < -0.3 is 15.3 Å². The number of carboxylic acids is 1. The van der Waals surface area contributed by atoms with Gasteiger partial charge in [-0.2, -0.15) is 0 Å². The van der Waals surface area contributed by atoms with Crippen LogP contribution in [0.1, 0.15) is 37.2 Å². The minimum atomic E-state index is -0.745. The van der Waals surface area contributed by atoms with Crippen LogP contribution < -0.4 is 5.32 Å². The molecule has 2 aliphatic carbocycles. The summed E-state index contributed by atoms with van der Waals surface area (Å²) in [6, 6.07) is 7.75. The zero-order valence-electron chi connectivity index (χ0n) is 13.4. The molecule has 6 heteroatoms. The molecule has 0 bridgehead atoms. The molecule has 2 amide bonds. The summed E-state index contributed by atoms with van der Waals surface area (Å²) in [4.78, 5) is 25.9. The molecule has 1 saturated heterocycles. The number of carboxylic acid groups (broad SMARTS) is 1. The number of likely N-dealkylation sites (tertiary alicyclic amines) is 1. The molecule has 4 atom stereocenters. The van der Waals surface area contributed by atoms with Crippen LogP contribution in [0.2, 0.25) is 5.02 Å². The Morgan fingerprint density at radius 2 is 2.04 bits per heavy atom. The first kappa shape index (κ1) is 15.8. The number of benzene rings is 1. The third kappa shape index (κ3) is 2.55. The molecule has 128 valence electrons. The highest BCUT2D eigenvalue weighted by Gasteiger charge is 2.56. The minimum absolute atomic E-state index is 0.104. The van der Waals surface area contributed by atoms with Crippen molar-refractivity contribution < 1.29 is 14.7 Å². The maximum absolute atomic E-state index is 12.5. The fourth-order valence-corrected chi connectivity index (χ4v) is 4.60. The fraction of sp³-hybridized carbons (Fsp3) is 0.556. The van der Waals surface area contributed by atoms with E-state index in [0.29, 0.717) is 30.5 Å². The molecule has 1 aliphatic heterocycles. The van der Waals surface area contributed by atoms with Crippen LogP contribution in [0.15, 0.2) is 24.3 Å². The Morgan fingerprint density at radius 1 is 1.29 bits per heavy atom. The first-order valence-electron chi connectivity index (χ1n) is 8.54. The van der Waals surface area contributed by atoms with Crippen LogP contribution in [0.3, 0.4) is 0 Å². The second-order valence-corrected chi connectivity index (χ2v) is 7.82. The summed E-state index contributed by atoms with van der Waals surface area (Å²) in [6.45, 7) is 0.910. The number of rotatable bonds is 3. The zero-order chi connectivity index (χ0) is 16.9. The van der Waals surface area contributed by atoms with Gasteiger partial charge in [0, 0.05) is 30.1 Å². The maximum Gasteiger partial charge on any atom is 0.317 e. The van der Waals surface area contributed by atoms with Crippen LogP contribution >= 0.6 is 11.6 Å². The van der Waals surface area contributed by atoms with Gasteiger partial charge in [-0.25, -0.2) is 4.79 Å². The molecule has 4 rings (SSSR count). The van der Waals surface area contributed by atoms with Gasteiger partial charge in [0.25, 0.3) is 0 Å². The van der Waals surface area contributed by atoms with Crippen LogP contribution in [0.4, 0.5) is 4.79 Å². The van der Waals surface area contributed by atoms with E-state index in [9.17, 15) is 14.7 Å². The Hall–Kier alpha value is -1.75. The molecular weight excluding hydrogens is 328 g/mol. The summed E-state index contributed by atoms with van der Waals surface area (Å²) in [7, 11) is 0. The molecule has 0 spiro atoms. The summed E-state index contributed by atoms with van der Waals surface area (Å²) < 4.78 is 0. The van der Waals surface area contributed by atoms with Crippen LogP contribution in [-0.4, -0.2) is 41.1 Å². The van der Waals surface area contributed by atoms with Crippen molar-refractivity contribution in [2.24, 2.45) is 11.3 Å². The van der Waals surface area contributed by atoms with E-state index in [2.05, 4.69) is 5.32 Å². The molecule has 5 nitrogen and oxygen atoms in total. The highest BCUT2D eigenvalue weighted by molar-refractivity contribution is 6.30. The number of halogens is 1. The van der Waals surface area contributed by atoms with E-state index in [1.165, 1.54) is 5.56 Å². The number of hydrogen-bond acceptors (Lipinski definition) is 2. The van der Waals surface area contributed by atoms with Crippen molar-refractivity contribution in [3.05, 3.63) is 34.9 Å². The quantitative estimate of drug-likeness (QED) is 0.881. The normalized spacial score (nSPS) is 34.0. The molecule has 2 saturated carbocycles. The molecular formula is C18H21ClN2O3. The Balaban J connectivity index is 1.37. The topological polar surface area (TPSA) is 69.6 Å². The average molecular weight is 349 g/mol. The van der Waals surface area contributed by atoms with Crippen LogP contribution in [0.25, 0.3) is 0 Å². The molecule has 2 N–H and O–H groups in total. The highest BCUT2D eigenvalue weighted by atomic mass is 35.5. The summed E-state index contributed by atoms with van der Waals surface area (Å²) in [6.07, 6.45) is 3.48. The van der Waals surface area contributed by atoms with Crippen molar-refractivity contribution in [3.63, 3.8) is 0 Å². The van der Waals surface area contributed by atoms with Gasteiger partial charge in [0.05, 0.1) is 5.41 Å². The van der Waals surface area contributed by atoms with Crippen LogP contribution in [0, 0.1) is 11.3 Å². The number of urea groups is 1. The standard InChI is InChI=1S/C18H21ClN2O3/c19-13-5-3-11(4-6-13)14-8-15(14)20-17(24)21-9-12-2-1-7-18(12,10-21)16(22)23/h3-6,12,14-15H,1-2,7-10H2,(H,20,24)(H,22,23)/t12-,14-,15+,18+/m0/s1. The third-order valence-electron chi connectivity index (χ3n) is 5.98. The summed E-state index contributed by atoms with van der Waals surface area (Å²) in [5.41, 5.74) is 0.473. The lowest BCUT2D eigenvalue weighted by Crippen LogP contribution is -2.42. The minimum Gasteiger partial charge on any atom is -0.481 e. The first-order valence-corrected chi connectivity index (χ1v) is 8.92. The van der Waals surface area contributed by atoms with Crippen LogP contribution in [-0.2, 0) is 4.79 Å². The molecule has 3 aliphatic rings. The predicted molar refractivity (Wildman–Crippen MR) is 90.1 cm³/mol. The largest absolute Gasteiger partial charge is 0.481 e. The Bertz CT molecular complexity index is 677. The number of carbonyl (C=O) groups is 2. The van der Waals surface area contributed by atoms with E-state index < -0.39 is 11.4 Å². The molecule has 0 unspecified atom stereocenters. The molecule has 0 aromatic heterocycles. The van der Waals surface area contributed by atoms with Crippen molar-refractivity contribution >= 4 is 23.6 Å². The van der Waals surface area contributed by atoms with Gasteiger partial charge in [-0.1, -0.05) is 30.2 Å². The summed E-state index contributed by atoms with van der Waals surface area (Å²) in [5.74, 6) is -0.306. The second-order valence-electron chi connectivity index (χ2n) is 7.38. The first-order chi connectivity index (χ1) is 11.5. The Kier molecular flexibility index (Phi) is 3.71. The van der Waals surface area contributed by atoms with Gasteiger partial charge in [0.15, 0.2) is 0 Å². The lowest BCUT2D eigenvalue weighted by atomic mass is 9.81. The Labute approximate surface area is 146 Å². The van der Waals surface area contributed by atoms with Crippen molar-refractivity contribution in [1.29, 1.82) is 0 Å². The molecule has 1 aromatic rings. The van der Waals surface area contributed by atoms with Crippen molar-refractivity contribution in [2.45, 2.75) is 37.6 Å². The molecule has 0 radical (unpaired) electrons. The third-order valence-corrected chi connectivity index (χ3v) is 6.23. The van der Waals surface area contributed by atoms with Gasteiger partial charge in [-0.3, -0.25) is 4.79 Å². The van der Waals surface area contributed by atoms with E-state index in [-0.39, 0.29) is 18.0 Å². The van der Waals surface area contributed by atoms with E-state index in [1.54, 1.807) is 4.90 Å². The Morgan fingerprint density at radius 3 is 2.71 bits per heavy atom. The number of aliphatic carboxylic acids is 1. The number of hydrogen-bond donors (Lipinski definition) is 2. The van der Waals surface area contributed by atoms with Gasteiger partial charge in [0.1, 0.15) is 0 Å². The predicted octanol–water partition coefficient (Wildman–Crippen LogP) is 3.09. The summed E-state index contributed by atoms with van der Waals surface area (Å²) >= 11 is 5.90. The van der Waals surface area contributed by atoms with Crippen LogP contribution in [0.5, 0.6) is 0 Å². The lowest BCUT2D eigenvalue weighted by Gasteiger charge is -2.23.